The highest BCUT2D eigenvalue weighted by molar-refractivity contribution is 5.81. The third kappa shape index (κ3) is 5.84. The second-order valence-corrected chi connectivity index (χ2v) is 10.3. The van der Waals surface area contributed by atoms with E-state index in [0.717, 1.165) is 36.8 Å². The van der Waals surface area contributed by atoms with Crippen molar-refractivity contribution in [2.75, 3.05) is 13.2 Å². The molecule has 0 unspecified atom stereocenters. The van der Waals surface area contributed by atoms with E-state index >= 15 is 0 Å². The van der Waals surface area contributed by atoms with Gasteiger partial charge >= 0.3 is 12.1 Å². The zero-order valence-corrected chi connectivity index (χ0v) is 20.4. The average Bonchev–Trinajstić information content (AvgIpc) is 3.14. The Balaban J connectivity index is 1.32. The number of carboxylic acids is 1. The third-order valence-corrected chi connectivity index (χ3v) is 7.15. The van der Waals surface area contributed by atoms with Crippen LogP contribution in [0, 0.1) is 11.8 Å². The number of hydrogen-bond donors (Lipinski definition) is 3. The number of carboxylic acid groups (broad SMARTS) is 1. The number of amides is 2. The standard InChI is InChI=1S/C28H34N2O5/c1-28(2,15-25(31)32)30-26(33)19-10-4-3-9-18(19)16-29-27(34)35-17-24-22-13-7-5-11-20(22)21-12-6-8-14-23(21)24/h5-8,11-14,18-19,24H,3-4,9-10,15-17H2,1-2H3,(H,29,34)(H,30,33)(H,31,32)/t18-,19-/m1/s1. The van der Waals surface area contributed by atoms with E-state index in [0.29, 0.717) is 6.54 Å². The van der Waals surface area contributed by atoms with Gasteiger partial charge in [-0.05, 0) is 54.9 Å². The van der Waals surface area contributed by atoms with Gasteiger partial charge in [0.05, 0.1) is 6.42 Å². The van der Waals surface area contributed by atoms with Gasteiger partial charge in [-0.3, -0.25) is 9.59 Å². The number of benzene rings is 2. The maximum absolute atomic E-state index is 12.9. The summed E-state index contributed by atoms with van der Waals surface area (Å²) in [5, 5.41) is 14.9. The molecule has 0 heterocycles. The molecule has 2 atom stereocenters. The largest absolute Gasteiger partial charge is 0.481 e. The van der Waals surface area contributed by atoms with E-state index in [-0.39, 0.29) is 36.7 Å². The molecule has 0 aromatic heterocycles. The van der Waals surface area contributed by atoms with Gasteiger partial charge in [0.25, 0.3) is 0 Å². The van der Waals surface area contributed by atoms with Crippen molar-refractivity contribution in [1.82, 2.24) is 10.6 Å². The lowest BCUT2D eigenvalue weighted by Crippen LogP contribution is -2.50. The fourth-order valence-electron chi connectivity index (χ4n) is 5.51. The topological polar surface area (TPSA) is 105 Å². The molecule has 2 aromatic rings. The molecule has 0 spiro atoms. The maximum atomic E-state index is 12.9. The van der Waals surface area contributed by atoms with Crippen LogP contribution in [0.15, 0.2) is 48.5 Å². The summed E-state index contributed by atoms with van der Waals surface area (Å²) in [5.74, 6) is -1.36. The lowest BCUT2D eigenvalue weighted by molar-refractivity contribution is -0.139. The van der Waals surface area contributed by atoms with Crippen LogP contribution < -0.4 is 10.6 Å². The van der Waals surface area contributed by atoms with E-state index in [2.05, 4.69) is 34.9 Å². The Morgan fingerprint density at radius 1 is 0.971 bits per heavy atom. The van der Waals surface area contributed by atoms with Gasteiger partial charge in [0.15, 0.2) is 0 Å². The molecule has 7 heteroatoms. The fourth-order valence-corrected chi connectivity index (χ4v) is 5.51. The van der Waals surface area contributed by atoms with Crippen molar-refractivity contribution in [3.8, 4) is 11.1 Å². The second kappa shape index (κ2) is 10.5. The van der Waals surface area contributed by atoms with E-state index in [1.807, 2.05) is 24.3 Å². The highest BCUT2D eigenvalue weighted by Gasteiger charge is 2.35. The summed E-state index contributed by atoms with van der Waals surface area (Å²) in [6.07, 6.45) is 2.88. The van der Waals surface area contributed by atoms with E-state index in [4.69, 9.17) is 9.84 Å². The smallest absolute Gasteiger partial charge is 0.407 e. The van der Waals surface area contributed by atoms with Crippen LogP contribution >= 0.6 is 0 Å². The molecule has 2 aliphatic rings. The number of carbonyl (C=O) groups excluding carboxylic acids is 2. The Kier molecular flexibility index (Phi) is 7.43. The quantitative estimate of drug-likeness (QED) is 0.510. The van der Waals surface area contributed by atoms with Crippen LogP contribution in [-0.4, -0.2) is 41.8 Å². The van der Waals surface area contributed by atoms with Crippen LogP contribution in [0.3, 0.4) is 0 Å². The summed E-state index contributed by atoms with van der Waals surface area (Å²) in [4.78, 5) is 36.6. The van der Waals surface area contributed by atoms with E-state index in [1.165, 1.54) is 11.1 Å². The van der Waals surface area contributed by atoms with Crippen molar-refractivity contribution in [1.29, 1.82) is 0 Å². The predicted molar refractivity (Wildman–Crippen MR) is 133 cm³/mol. The molecule has 4 rings (SSSR count). The summed E-state index contributed by atoms with van der Waals surface area (Å²) < 4.78 is 5.63. The monoisotopic (exact) mass is 478 g/mol. The van der Waals surface area contributed by atoms with Crippen LogP contribution in [-0.2, 0) is 14.3 Å². The Morgan fingerprint density at radius 2 is 1.57 bits per heavy atom. The molecule has 2 amide bonds. The third-order valence-electron chi connectivity index (χ3n) is 7.15. The Bertz CT molecular complexity index is 1050. The number of ether oxygens (including phenoxy) is 1. The highest BCUT2D eigenvalue weighted by Crippen LogP contribution is 2.44. The molecule has 2 aromatic carbocycles. The summed E-state index contributed by atoms with van der Waals surface area (Å²) in [6, 6.07) is 16.4. The summed E-state index contributed by atoms with van der Waals surface area (Å²) in [5.41, 5.74) is 3.85. The zero-order valence-electron chi connectivity index (χ0n) is 20.4. The molecule has 0 saturated heterocycles. The number of nitrogens with one attached hydrogen (secondary N) is 2. The molecule has 0 radical (unpaired) electrons. The first-order chi connectivity index (χ1) is 16.7. The minimum atomic E-state index is -0.951. The van der Waals surface area contributed by atoms with Crippen LogP contribution in [0.4, 0.5) is 4.79 Å². The van der Waals surface area contributed by atoms with E-state index < -0.39 is 17.6 Å². The molecular formula is C28H34N2O5. The van der Waals surface area contributed by atoms with Gasteiger partial charge in [-0.15, -0.1) is 0 Å². The molecule has 0 aliphatic heterocycles. The van der Waals surface area contributed by atoms with Crippen molar-refractivity contribution < 1.29 is 24.2 Å². The van der Waals surface area contributed by atoms with Crippen molar-refractivity contribution in [3.63, 3.8) is 0 Å². The van der Waals surface area contributed by atoms with Crippen LogP contribution in [0.2, 0.25) is 0 Å². The lowest BCUT2D eigenvalue weighted by atomic mass is 9.78. The maximum Gasteiger partial charge on any atom is 0.407 e. The highest BCUT2D eigenvalue weighted by atomic mass is 16.5. The Labute approximate surface area is 206 Å². The van der Waals surface area contributed by atoms with Crippen molar-refractivity contribution >= 4 is 18.0 Å². The van der Waals surface area contributed by atoms with Gasteiger partial charge in [-0.2, -0.15) is 0 Å². The molecule has 3 N–H and O–H groups in total. The normalized spacial score (nSPS) is 19.4. The van der Waals surface area contributed by atoms with Crippen LogP contribution in [0.1, 0.15) is 63.0 Å². The second-order valence-electron chi connectivity index (χ2n) is 10.3. The van der Waals surface area contributed by atoms with Gasteiger partial charge < -0.3 is 20.5 Å². The molecule has 1 saturated carbocycles. The van der Waals surface area contributed by atoms with Crippen molar-refractivity contribution in [2.24, 2.45) is 11.8 Å². The van der Waals surface area contributed by atoms with Crippen molar-refractivity contribution in [2.45, 2.75) is 57.4 Å². The number of hydrogen-bond acceptors (Lipinski definition) is 4. The summed E-state index contributed by atoms with van der Waals surface area (Å²) >= 11 is 0. The SMILES string of the molecule is CC(C)(CC(=O)O)NC(=O)[C@@H]1CCCC[C@@H]1CNC(=O)OCC1c2ccccc2-c2ccccc21. The molecular weight excluding hydrogens is 444 g/mol. The van der Waals surface area contributed by atoms with Crippen LogP contribution in [0.25, 0.3) is 11.1 Å². The average molecular weight is 479 g/mol. The lowest BCUT2D eigenvalue weighted by Gasteiger charge is -2.34. The van der Waals surface area contributed by atoms with Crippen LogP contribution in [0.5, 0.6) is 0 Å². The Morgan fingerprint density at radius 3 is 2.20 bits per heavy atom. The number of alkyl carbamates (subject to hydrolysis) is 1. The molecule has 186 valence electrons. The van der Waals surface area contributed by atoms with Gasteiger partial charge in [-0.1, -0.05) is 61.4 Å². The molecule has 7 nitrogen and oxygen atoms in total. The predicted octanol–water partition coefficient (Wildman–Crippen LogP) is 4.70. The summed E-state index contributed by atoms with van der Waals surface area (Å²) in [7, 11) is 0. The first-order valence-electron chi connectivity index (χ1n) is 12.4. The molecule has 2 aliphatic carbocycles. The fraction of sp³-hybridized carbons (Fsp3) is 0.464. The minimum Gasteiger partial charge on any atom is -0.481 e. The number of carbonyl (C=O) groups is 3. The number of rotatable bonds is 8. The van der Waals surface area contributed by atoms with E-state index in [9.17, 15) is 14.4 Å². The Hall–Kier alpha value is -3.35. The van der Waals surface area contributed by atoms with Gasteiger partial charge in [0.2, 0.25) is 5.91 Å². The molecule has 0 bridgehead atoms. The van der Waals surface area contributed by atoms with Gasteiger partial charge in [0.1, 0.15) is 6.61 Å². The van der Waals surface area contributed by atoms with Gasteiger partial charge in [0, 0.05) is 23.9 Å². The number of aliphatic carboxylic acids is 1. The first-order valence-corrected chi connectivity index (χ1v) is 12.4. The van der Waals surface area contributed by atoms with Crippen molar-refractivity contribution in [3.05, 3.63) is 59.7 Å². The molecule has 1 fully saturated rings. The zero-order chi connectivity index (χ0) is 25.0. The van der Waals surface area contributed by atoms with E-state index in [1.54, 1.807) is 13.8 Å². The number of fused-ring (bicyclic) bond motifs is 3. The first kappa shape index (κ1) is 24.8. The summed E-state index contributed by atoms with van der Waals surface area (Å²) in [6.45, 7) is 4.03. The molecule has 35 heavy (non-hydrogen) atoms. The minimum absolute atomic E-state index is 0.00202. The van der Waals surface area contributed by atoms with Gasteiger partial charge in [-0.25, -0.2) is 4.79 Å².